The van der Waals surface area contributed by atoms with E-state index >= 15 is 0 Å². The molecule has 7 nitrogen and oxygen atoms in total. The molecule has 0 saturated heterocycles. The minimum Gasteiger partial charge on any atom is -0.494 e. The largest absolute Gasteiger partial charge is 0.494 e. The first kappa shape index (κ1) is 14.9. The fraction of sp³-hybridized carbons (Fsp3) is 0.444. The van der Waals surface area contributed by atoms with E-state index in [9.17, 15) is 13.2 Å². The molecule has 1 heterocycles. The number of hydrogen-bond donors (Lipinski definition) is 2. The van der Waals surface area contributed by atoms with Gasteiger partial charge in [-0.3, -0.25) is 0 Å². The van der Waals surface area contributed by atoms with Crippen LogP contribution in [0.25, 0.3) is 0 Å². The molecule has 0 aromatic carbocycles. The standard InChI is InChI=1S/C9H14N2O5S2/c1-15-6-5-7(8(12)16-2)17-9(6)18(13,14)11-4-3-10/h5,11H,3-4,10H2,1-2H3. The average Bonchev–Trinajstić information content (AvgIpc) is 2.80. The lowest BCUT2D eigenvalue weighted by atomic mass is 10.4. The fourth-order valence-electron chi connectivity index (χ4n) is 1.15. The van der Waals surface area contributed by atoms with Gasteiger partial charge in [-0.25, -0.2) is 17.9 Å². The van der Waals surface area contributed by atoms with E-state index in [-0.39, 0.29) is 27.9 Å². The van der Waals surface area contributed by atoms with Crippen molar-refractivity contribution in [3.05, 3.63) is 10.9 Å². The molecule has 102 valence electrons. The van der Waals surface area contributed by atoms with Crippen molar-refractivity contribution < 1.29 is 22.7 Å². The Labute approximate surface area is 109 Å². The third-order valence-electron chi connectivity index (χ3n) is 1.95. The summed E-state index contributed by atoms with van der Waals surface area (Å²) in [6.45, 7) is 0.285. The van der Waals surface area contributed by atoms with E-state index in [0.29, 0.717) is 0 Å². The molecular formula is C9H14N2O5S2. The summed E-state index contributed by atoms with van der Waals surface area (Å²) in [4.78, 5) is 11.5. The van der Waals surface area contributed by atoms with Crippen molar-refractivity contribution in [1.29, 1.82) is 0 Å². The number of nitrogens with two attached hydrogens (primary N) is 1. The van der Waals surface area contributed by atoms with Crippen LogP contribution >= 0.6 is 11.3 Å². The lowest BCUT2D eigenvalue weighted by Gasteiger charge is -2.04. The van der Waals surface area contributed by atoms with Gasteiger partial charge in [0.05, 0.1) is 14.2 Å². The minimum atomic E-state index is -3.73. The molecule has 1 rings (SSSR count). The molecule has 0 amide bonds. The van der Waals surface area contributed by atoms with Crippen molar-refractivity contribution in [3.8, 4) is 5.75 Å². The van der Waals surface area contributed by atoms with Gasteiger partial charge in [0.25, 0.3) is 10.0 Å². The zero-order valence-corrected chi connectivity index (χ0v) is 11.6. The number of hydrogen-bond acceptors (Lipinski definition) is 7. The first-order chi connectivity index (χ1) is 8.46. The Balaban J connectivity index is 3.15. The van der Waals surface area contributed by atoms with Gasteiger partial charge >= 0.3 is 5.97 Å². The van der Waals surface area contributed by atoms with Gasteiger partial charge in [0, 0.05) is 19.2 Å². The van der Waals surface area contributed by atoms with Gasteiger partial charge in [-0.15, -0.1) is 11.3 Å². The number of nitrogens with one attached hydrogen (secondary N) is 1. The zero-order valence-electron chi connectivity index (χ0n) is 9.93. The van der Waals surface area contributed by atoms with E-state index in [1.54, 1.807) is 0 Å². The SMILES string of the molecule is COC(=O)c1cc(OC)c(S(=O)(=O)NCCN)s1. The maximum Gasteiger partial charge on any atom is 0.348 e. The van der Waals surface area contributed by atoms with Crippen molar-refractivity contribution in [1.82, 2.24) is 4.72 Å². The monoisotopic (exact) mass is 294 g/mol. The summed E-state index contributed by atoms with van der Waals surface area (Å²) in [5, 5.41) is 0. The Morgan fingerprint density at radius 2 is 2.17 bits per heavy atom. The molecule has 1 aromatic rings. The second-order valence-corrected chi connectivity index (χ2v) is 6.16. The topological polar surface area (TPSA) is 108 Å². The summed E-state index contributed by atoms with van der Waals surface area (Å²) in [6.07, 6.45) is 0. The highest BCUT2D eigenvalue weighted by atomic mass is 32.2. The summed E-state index contributed by atoms with van der Waals surface area (Å²) in [5.74, 6) is -0.511. The predicted octanol–water partition coefficient (Wildman–Crippen LogP) is -0.220. The van der Waals surface area contributed by atoms with Crippen molar-refractivity contribution in [2.24, 2.45) is 5.73 Å². The number of carbonyl (C=O) groups is 1. The second-order valence-electron chi connectivity index (χ2n) is 3.14. The van der Waals surface area contributed by atoms with E-state index < -0.39 is 16.0 Å². The molecule has 0 atom stereocenters. The maximum absolute atomic E-state index is 11.9. The van der Waals surface area contributed by atoms with Gasteiger partial charge in [-0.1, -0.05) is 0 Å². The van der Waals surface area contributed by atoms with Crippen LogP contribution in [0, 0.1) is 0 Å². The van der Waals surface area contributed by atoms with Crippen LogP contribution in [0.15, 0.2) is 10.3 Å². The summed E-state index contributed by atoms with van der Waals surface area (Å²) < 4.78 is 35.5. The van der Waals surface area contributed by atoms with Gasteiger partial charge in [-0.2, -0.15) is 0 Å². The Morgan fingerprint density at radius 1 is 1.50 bits per heavy atom. The molecule has 18 heavy (non-hydrogen) atoms. The molecule has 0 aliphatic rings. The van der Waals surface area contributed by atoms with Crippen LogP contribution < -0.4 is 15.2 Å². The number of esters is 1. The first-order valence-corrected chi connectivity index (χ1v) is 7.22. The quantitative estimate of drug-likeness (QED) is 0.702. The number of ether oxygens (including phenoxy) is 2. The van der Waals surface area contributed by atoms with Crippen LogP contribution in [0.2, 0.25) is 0 Å². The smallest absolute Gasteiger partial charge is 0.348 e. The van der Waals surface area contributed by atoms with Crippen LogP contribution in [0.4, 0.5) is 0 Å². The summed E-state index contributed by atoms with van der Waals surface area (Å²) in [6, 6.07) is 1.33. The number of rotatable bonds is 6. The molecule has 0 radical (unpaired) electrons. The minimum absolute atomic E-state index is 0.0705. The highest BCUT2D eigenvalue weighted by molar-refractivity contribution is 7.91. The maximum atomic E-state index is 11.9. The van der Waals surface area contributed by atoms with E-state index in [1.165, 1.54) is 20.3 Å². The van der Waals surface area contributed by atoms with E-state index in [1.807, 2.05) is 0 Å². The van der Waals surface area contributed by atoms with Crippen LogP contribution in [0.5, 0.6) is 5.75 Å². The molecule has 0 unspecified atom stereocenters. The van der Waals surface area contributed by atoms with Gasteiger partial charge < -0.3 is 15.2 Å². The Morgan fingerprint density at radius 3 is 2.67 bits per heavy atom. The number of methoxy groups -OCH3 is 2. The zero-order chi connectivity index (χ0) is 13.8. The van der Waals surface area contributed by atoms with Crippen molar-refractivity contribution in [2.75, 3.05) is 27.3 Å². The Bertz CT molecular complexity index is 523. The van der Waals surface area contributed by atoms with Crippen molar-refractivity contribution >= 4 is 27.3 Å². The third-order valence-corrected chi connectivity index (χ3v) is 5.03. The molecule has 0 aliphatic carbocycles. The van der Waals surface area contributed by atoms with Gasteiger partial charge in [0.1, 0.15) is 4.88 Å². The number of sulfonamides is 1. The summed E-state index contributed by atoms with van der Waals surface area (Å²) >= 11 is 0.783. The molecular weight excluding hydrogens is 280 g/mol. The molecule has 0 aliphatic heterocycles. The Kier molecular flexibility index (Phi) is 5.08. The van der Waals surface area contributed by atoms with Crippen LogP contribution in [-0.2, 0) is 14.8 Å². The van der Waals surface area contributed by atoms with E-state index in [0.717, 1.165) is 11.3 Å². The van der Waals surface area contributed by atoms with Crippen molar-refractivity contribution in [2.45, 2.75) is 4.21 Å². The van der Waals surface area contributed by atoms with Crippen LogP contribution in [-0.4, -0.2) is 41.7 Å². The summed E-state index contributed by atoms with van der Waals surface area (Å²) in [7, 11) is -1.19. The van der Waals surface area contributed by atoms with Gasteiger partial charge in [0.15, 0.2) is 9.96 Å². The molecule has 0 spiro atoms. The Hall–Kier alpha value is -1.16. The lowest BCUT2D eigenvalue weighted by Crippen LogP contribution is -2.28. The van der Waals surface area contributed by atoms with E-state index in [4.69, 9.17) is 10.5 Å². The third kappa shape index (κ3) is 3.19. The average molecular weight is 294 g/mol. The van der Waals surface area contributed by atoms with Crippen LogP contribution in [0.1, 0.15) is 9.67 Å². The van der Waals surface area contributed by atoms with Gasteiger partial charge in [0.2, 0.25) is 0 Å². The molecule has 0 bridgehead atoms. The number of carbonyl (C=O) groups excluding carboxylic acids is 1. The summed E-state index contributed by atoms with van der Waals surface area (Å²) in [5.41, 5.74) is 5.23. The fourth-order valence-corrected chi connectivity index (χ4v) is 3.73. The normalized spacial score (nSPS) is 11.3. The highest BCUT2D eigenvalue weighted by Crippen LogP contribution is 2.33. The molecule has 0 saturated carbocycles. The van der Waals surface area contributed by atoms with Crippen LogP contribution in [0.3, 0.4) is 0 Å². The molecule has 3 N–H and O–H groups in total. The lowest BCUT2D eigenvalue weighted by molar-refractivity contribution is 0.0606. The van der Waals surface area contributed by atoms with Gasteiger partial charge in [-0.05, 0) is 0 Å². The predicted molar refractivity (Wildman–Crippen MR) is 66.5 cm³/mol. The highest BCUT2D eigenvalue weighted by Gasteiger charge is 2.25. The van der Waals surface area contributed by atoms with Crippen molar-refractivity contribution in [3.63, 3.8) is 0 Å². The molecule has 9 heteroatoms. The molecule has 1 aromatic heterocycles. The molecule has 0 fully saturated rings. The number of thiophene rings is 1. The first-order valence-electron chi connectivity index (χ1n) is 4.92. The van der Waals surface area contributed by atoms with E-state index in [2.05, 4.69) is 9.46 Å². The second kappa shape index (κ2) is 6.14.